The third-order valence-corrected chi connectivity index (χ3v) is 3.84. The molecule has 0 saturated heterocycles. The Balaban J connectivity index is 1.72. The molecule has 5 heteroatoms. The van der Waals surface area contributed by atoms with Gasteiger partial charge in [0.15, 0.2) is 6.61 Å². The third-order valence-electron chi connectivity index (χ3n) is 3.84. The summed E-state index contributed by atoms with van der Waals surface area (Å²) in [5.41, 5.74) is 2.66. The van der Waals surface area contributed by atoms with Crippen LogP contribution in [0.5, 0.6) is 5.75 Å². The van der Waals surface area contributed by atoms with Crippen LogP contribution in [0.25, 0.3) is 0 Å². The van der Waals surface area contributed by atoms with Crippen molar-refractivity contribution in [2.24, 2.45) is 0 Å². The Morgan fingerprint density at radius 3 is 2.90 bits per heavy atom. The fourth-order valence-electron chi connectivity index (χ4n) is 2.84. The maximum atomic E-state index is 5.90. The predicted octanol–water partition coefficient (Wildman–Crippen LogP) is 2.81. The number of aryl methyl sites for hydroxylation is 1. The van der Waals surface area contributed by atoms with Crippen molar-refractivity contribution in [2.75, 3.05) is 6.54 Å². The topological polar surface area (TPSA) is 60.2 Å². The maximum absolute atomic E-state index is 5.90. The zero-order chi connectivity index (χ0) is 14.7. The second-order valence-corrected chi connectivity index (χ2v) is 5.20. The van der Waals surface area contributed by atoms with Crippen LogP contribution in [0.4, 0.5) is 0 Å². The number of ether oxygens (including phenoxy) is 1. The van der Waals surface area contributed by atoms with Crippen LogP contribution in [0.2, 0.25) is 0 Å². The molecule has 3 rings (SSSR count). The Labute approximate surface area is 124 Å². The van der Waals surface area contributed by atoms with Gasteiger partial charge in [0.25, 0.3) is 5.89 Å². The summed E-state index contributed by atoms with van der Waals surface area (Å²) in [5, 5.41) is 11.5. The van der Waals surface area contributed by atoms with Crippen LogP contribution in [-0.2, 0) is 19.4 Å². The minimum absolute atomic E-state index is 0.329. The fourth-order valence-corrected chi connectivity index (χ4v) is 2.84. The van der Waals surface area contributed by atoms with E-state index in [1.165, 1.54) is 11.1 Å². The van der Waals surface area contributed by atoms with E-state index in [-0.39, 0.29) is 0 Å². The monoisotopic (exact) mass is 287 g/mol. The molecule has 1 N–H and O–H groups in total. The van der Waals surface area contributed by atoms with Crippen molar-refractivity contribution in [3.05, 3.63) is 41.1 Å². The van der Waals surface area contributed by atoms with Crippen molar-refractivity contribution in [1.82, 2.24) is 15.5 Å². The Morgan fingerprint density at radius 2 is 2.14 bits per heavy atom. The summed E-state index contributed by atoms with van der Waals surface area (Å²) in [6, 6.07) is 6.70. The summed E-state index contributed by atoms with van der Waals surface area (Å²) in [7, 11) is 0. The van der Waals surface area contributed by atoms with Gasteiger partial charge in [0.05, 0.1) is 0 Å². The van der Waals surface area contributed by atoms with E-state index in [9.17, 15) is 0 Å². The summed E-state index contributed by atoms with van der Waals surface area (Å²) < 4.78 is 11.4. The van der Waals surface area contributed by atoms with Gasteiger partial charge in [-0.05, 0) is 36.6 Å². The molecule has 1 aromatic heterocycles. The zero-order valence-electron chi connectivity index (χ0n) is 12.6. The number of aromatic nitrogens is 2. The largest absolute Gasteiger partial charge is 0.484 e. The minimum atomic E-state index is 0.329. The maximum Gasteiger partial charge on any atom is 0.253 e. The number of fused-ring (bicyclic) bond motifs is 1. The first-order chi connectivity index (χ1) is 10.3. The molecule has 1 aromatic carbocycles. The molecule has 0 spiro atoms. The van der Waals surface area contributed by atoms with Gasteiger partial charge in [-0.1, -0.05) is 26.0 Å². The second-order valence-electron chi connectivity index (χ2n) is 5.20. The SMILES string of the molecule is CCNC1CCc2c(OCc3nnc(CC)o3)cccc21. The number of nitrogens with one attached hydrogen (secondary N) is 1. The first kappa shape index (κ1) is 14.1. The van der Waals surface area contributed by atoms with Crippen LogP contribution in [0.15, 0.2) is 22.6 Å². The Kier molecular flexibility index (Phi) is 4.20. The number of nitrogens with zero attached hydrogens (tertiary/aromatic N) is 2. The number of benzene rings is 1. The highest BCUT2D eigenvalue weighted by atomic mass is 16.5. The molecule has 5 nitrogen and oxygen atoms in total. The van der Waals surface area contributed by atoms with Crippen molar-refractivity contribution in [1.29, 1.82) is 0 Å². The van der Waals surface area contributed by atoms with E-state index < -0.39 is 0 Å². The third kappa shape index (κ3) is 2.93. The molecule has 1 atom stereocenters. The summed E-state index contributed by atoms with van der Waals surface area (Å²) in [5.74, 6) is 2.12. The molecule has 1 aliphatic carbocycles. The number of rotatable bonds is 6. The van der Waals surface area contributed by atoms with Crippen molar-refractivity contribution >= 4 is 0 Å². The van der Waals surface area contributed by atoms with Gasteiger partial charge in [-0.15, -0.1) is 10.2 Å². The fraction of sp³-hybridized carbons (Fsp3) is 0.500. The molecule has 1 unspecified atom stereocenters. The molecule has 2 aromatic rings. The van der Waals surface area contributed by atoms with Crippen LogP contribution in [-0.4, -0.2) is 16.7 Å². The highest BCUT2D eigenvalue weighted by Gasteiger charge is 2.24. The lowest BCUT2D eigenvalue weighted by atomic mass is 10.1. The van der Waals surface area contributed by atoms with E-state index in [2.05, 4.69) is 34.6 Å². The van der Waals surface area contributed by atoms with Gasteiger partial charge in [0.1, 0.15) is 5.75 Å². The standard InChI is InChI=1S/C16H21N3O2/c1-3-15-18-19-16(21-15)10-20-14-7-5-6-11-12(14)8-9-13(11)17-4-2/h5-7,13,17H,3-4,8-10H2,1-2H3. The van der Waals surface area contributed by atoms with Crippen LogP contribution >= 0.6 is 0 Å². The lowest BCUT2D eigenvalue weighted by Gasteiger charge is -2.13. The van der Waals surface area contributed by atoms with Gasteiger partial charge in [-0.25, -0.2) is 0 Å². The van der Waals surface area contributed by atoms with Crippen LogP contribution in [0.3, 0.4) is 0 Å². The molecule has 0 fully saturated rings. The van der Waals surface area contributed by atoms with Crippen molar-refractivity contribution in [2.45, 2.75) is 45.8 Å². The Bertz CT molecular complexity index is 609. The molecular weight excluding hydrogens is 266 g/mol. The van der Waals surface area contributed by atoms with Crippen molar-refractivity contribution in [3.63, 3.8) is 0 Å². The van der Waals surface area contributed by atoms with Gasteiger partial charge < -0.3 is 14.5 Å². The van der Waals surface area contributed by atoms with E-state index in [4.69, 9.17) is 9.15 Å². The molecular formula is C16H21N3O2. The molecule has 0 amide bonds. The van der Waals surface area contributed by atoms with E-state index in [1.807, 2.05) is 13.0 Å². The molecule has 1 aliphatic rings. The van der Waals surface area contributed by atoms with E-state index in [0.29, 0.717) is 24.4 Å². The van der Waals surface area contributed by atoms with Crippen LogP contribution in [0, 0.1) is 0 Å². The lowest BCUT2D eigenvalue weighted by molar-refractivity contribution is 0.257. The van der Waals surface area contributed by atoms with E-state index in [0.717, 1.165) is 31.6 Å². The number of hydrogen-bond donors (Lipinski definition) is 1. The van der Waals surface area contributed by atoms with Crippen LogP contribution in [0.1, 0.15) is 49.2 Å². The Hall–Kier alpha value is -1.88. The predicted molar refractivity (Wildman–Crippen MR) is 79.2 cm³/mol. The van der Waals surface area contributed by atoms with Gasteiger partial charge in [-0.3, -0.25) is 0 Å². The van der Waals surface area contributed by atoms with Gasteiger partial charge in [0, 0.05) is 12.5 Å². The number of hydrogen-bond acceptors (Lipinski definition) is 5. The molecule has 21 heavy (non-hydrogen) atoms. The second kappa shape index (κ2) is 6.26. The molecule has 112 valence electrons. The van der Waals surface area contributed by atoms with E-state index in [1.54, 1.807) is 0 Å². The first-order valence-electron chi connectivity index (χ1n) is 7.61. The summed E-state index contributed by atoms with van der Waals surface area (Å²) in [6.45, 7) is 5.44. The van der Waals surface area contributed by atoms with Crippen molar-refractivity contribution < 1.29 is 9.15 Å². The average Bonchev–Trinajstić information content (AvgIpc) is 3.13. The Morgan fingerprint density at radius 1 is 1.29 bits per heavy atom. The highest BCUT2D eigenvalue weighted by Crippen LogP contribution is 2.37. The smallest absolute Gasteiger partial charge is 0.253 e. The lowest BCUT2D eigenvalue weighted by Crippen LogP contribution is -2.18. The van der Waals surface area contributed by atoms with Gasteiger partial charge >= 0.3 is 0 Å². The average molecular weight is 287 g/mol. The van der Waals surface area contributed by atoms with Crippen molar-refractivity contribution in [3.8, 4) is 5.75 Å². The van der Waals surface area contributed by atoms with Gasteiger partial charge in [-0.2, -0.15) is 0 Å². The highest BCUT2D eigenvalue weighted by molar-refractivity contribution is 5.45. The molecule has 0 aliphatic heterocycles. The van der Waals surface area contributed by atoms with Gasteiger partial charge in [0.2, 0.25) is 5.89 Å². The van der Waals surface area contributed by atoms with E-state index >= 15 is 0 Å². The quantitative estimate of drug-likeness (QED) is 0.885. The summed E-state index contributed by atoms with van der Waals surface area (Å²) >= 11 is 0. The minimum Gasteiger partial charge on any atom is -0.484 e. The normalized spacial score (nSPS) is 17.0. The summed E-state index contributed by atoms with van der Waals surface area (Å²) in [4.78, 5) is 0. The molecule has 0 bridgehead atoms. The zero-order valence-corrected chi connectivity index (χ0v) is 12.6. The first-order valence-corrected chi connectivity index (χ1v) is 7.61. The van der Waals surface area contributed by atoms with Crippen LogP contribution < -0.4 is 10.1 Å². The molecule has 0 saturated carbocycles. The molecule has 1 heterocycles. The molecule has 0 radical (unpaired) electrons. The summed E-state index contributed by atoms with van der Waals surface area (Å²) in [6.07, 6.45) is 2.93.